The van der Waals surface area contributed by atoms with Crippen LogP contribution in [0.1, 0.15) is 5.56 Å². The highest BCUT2D eigenvalue weighted by atomic mass is 16.5. The first-order valence-electron chi connectivity index (χ1n) is 5.47. The Morgan fingerprint density at radius 1 is 1.00 bits per heavy atom. The van der Waals surface area contributed by atoms with Gasteiger partial charge in [0.2, 0.25) is 0 Å². The summed E-state index contributed by atoms with van der Waals surface area (Å²) >= 11 is 0. The summed E-state index contributed by atoms with van der Waals surface area (Å²) in [6.07, 6.45) is 11.2. The average molecular weight is 226 g/mol. The molecule has 2 nitrogen and oxygen atoms in total. The van der Waals surface area contributed by atoms with E-state index in [1.807, 2.05) is 66.8 Å². The summed E-state index contributed by atoms with van der Waals surface area (Å²) in [4.78, 5) is 12.1. The number of esters is 1. The van der Waals surface area contributed by atoms with E-state index in [-0.39, 0.29) is 5.97 Å². The maximum Gasteiger partial charge on any atom is 0.324 e. The molecule has 2 heteroatoms. The molecular weight excluding hydrogens is 212 g/mol. The number of methoxy groups -OCH3 is 1. The molecule has 0 spiro atoms. The number of benzene rings is 1. The molecule has 1 aromatic carbocycles. The van der Waals surface area contributed by atoms with Crippen molar-refractivity contribution in [2.75, 3.05) is 7.11 Å². The third-order valence-electron chi connectivity index (χ3n) is 2.83. The van der Waals surface area contributed by atoms with Crippen molar-refractivity contribution in [3.05, 3.63) is 72.4 Å². The number of rotatable bonds is 2. The van der Waals surface area contributed by atoms with Gasteiger partial charge in [0.15, 0.2) is 0 Å². The normalized spacial score (nSPS) is 16.5. The lowest BCUT2D eigenvalue weighted by Gasteiger charge is -2.24. The third kappa shape index (κ3) is 2.07. The van der Waals surface area contributed by atoms with Gasteiger partial charge in [-0.25, -0.2) is 0 Å². The molecule has 1 aliphatic rings. The Kier molecular flexibility index (Phi) is 3.24. The zero-order valence-electron chi connectivity index (χ0n) is 9.67. The molecular formula is C15H14O2. The Hall–Kier alpha value is -2.09. The predicted molar refractivity (Wildman–Crippen MR) is 67.6 cm³/mol. The predicted octanol–water partition coefficient (Wildman–Crippen LogP) is 2.78. The van der Waals surface area contributed by atoms with Crippen LogP contribution in [0.15, 0.2) is 66.8 Å². The molecule has 0 saturated heterocycles. The van der Waals surface area contributed by atoms with Crippen LogP contribution >= 0.6 is 0 Å². The number of carbonyl (C=O) groups is 1. The lowest BCUT2D eigenvalue weighted by Crippen LogP contribution is -2.32. The molecule has 2 rings (SSSR count). The van der Waals surface area contributed by atoms with Gasteiger partial charge in [-0.05, 0) is 5.56 Å². The van der Waals surface area contributed by atoms with Gasteiger partial charge < -0.3 is 4.74 Å². The summed E-state index contributed by atoms with van der Waals surface area (Å²) < 4.78 is 4.93. The van der Waals surface area contributed by atoms with E-state index < -0.39 is 5.41 Å². The van der Waals surface area contributed by atoms with Crippen LogP contribution in [-0.2, 0) is 14.9 Å². The van der Waals surface area contributed by atoms with E-state index >= 15 is 0 Å². The second-order valence-electron chi connectivity index (χ2n) is 3.83. The molecule has 0 radical (unpaired) electrons. The van der Waals surface area contributed by atoms with E-state index in [4.69, 9.17) is 4.74 Å². The Balaban J connectivity index is 2.56. The van der Waals surface area contributed by atoms with Crippen molar-refractivity contribution < 1.29 is 9.53 Å². The van der Waals surface area contributed by atoms with Crippen LogP contribution < -0.4 is 0 Å². The van der Waals surface area contributed by atoms with E-state index in [0.29, 0.717) is 0 Å². The first-order chi connectivity index (χ1) is 8.29. The fraction of sp³-hybridized carbons (Fsp3) is 0.133. The maximum atomic E-state index is 12.1. The molecule has 86 valence electrons. The molecule has 0 unspecified atom stereocenters. The van der Waals surface area contributed by atoms with Crippen LogP contribution in [0.2, 0.25) is 0 Å². The van der Waals surface area contributed by atoms with Crippen molar-refractivity contribution in [3.8, 4) is 0 Å². The Labute approximate surface area is 101 Å². The van der Waals surface area contributed by atoms with Crippen LogP contribution in [-0.4, -0.2) is 13.1 Å². The molecule has 0 amide bonds. The molecule has 0 fully saturated rings. The minimum absolute atomic E-state index is 0.278. The molecule has 0 aliphatic heterocycles. The van der Waals surface area contributed by atoms with Crippen molar-refractivity contribution in [1.29, 1.82) is 0 Å². The minimum Gasteiger partial charge on any atom is -0.468 e. The van der Waals surface area contributed by atoms with Crippen molar-refractivity contribution >= 4 is 5.97 Å². The van der Waals surface area contributed by atoms with Crippen molar-refractivity contribution in [1.82, 2.24) is 0 Å². The van der Waals surface area contributed by atoms with Crippen LogP contribution in [0.25, 0.3) is 0 Å². The molecule has 1 aliphatic carbocycles. The second kappa shape index (κ2) is 4.83. The van der Waals surface area contributed by atoms with E-state index in [1.165, 1.54) is 7.11 Å². The highest BCUT2D eigenvalue weighted by molar-refractivity contribution is 5.88. The molecule has 1 aromatic rings. The topological polar surface area (TPSA) is 26.3 Å². The first kappa shape index (κ1) is 11.4. The van der Waals surface area contributed by atoms with Gasteiger partial charge in [-0.2, -0.15) is 0 Å². The largest absolute Gasteiger partial charge is 0.468 e. The van der Waals surface area contributed by atoms with Crippen LogP contribution in [0.5, 0.6) is 0 Å². The van der Waals surface area contributed by atoms with Gasteiger partial charge in [0.25, 0.3) is 0 Å². The molecule has 0 saturated carbocycles. The molecule has 0 bridgehead atoms. The second-order valence-corrected chi connectivity index (χ2v) is 3.83. The van der Waals surface area contributed by atoms with E-state index in [0.717, 1.165) is 5.56 Å². The lowest BCUT2D eigenvalue weighted by atomic mass is 9.80. The Morgan fingerprint density at radius 3 is 2.12 bits per heavy atom. The fourth-order valence-electron chi connectivity index (χ4n) is 1.93. The Bertz CT molecular complexity index is 465. The van der Waals surface area contributed by atoms with Crippen molar-refractivity contribution in [2.24, 2.45) is 0 Å². The SMILES string of the molecule is COC(=O)C1(c2ccccc2)C=CC=CC=C1. The quantitative estimate of drug-likeness (QED) is 0.725. The van der Waals surface area contributed by atoms with Gasteiger partial charge in [-0.1, -0.05) is 66.8 Å². The van der Waals surface area contributed by atoms with E-state index in [9.17, 15) is 4.79 Å². The zero-order chi connectivity index (χ0) is 12.1. The van der Waals surface area contributed by atoms with Crippen LogP contribution in [0.3, 0.4) is 0 Å². The van der Waals surface area contributed by atoms with Gasteiger partial charge in [0, 0.05) is 0 Å². The third-order valence-corrected chi connectivity index (χ3v) is 2.83. The summed E-state index contributed by atoms with van der Waals surface area (Å²) in [6.45, 7) is 0. The van der Waals surface area contributed by atoms with E-state index in [1.54, 1.807) is 0 Å². The molecule has 0 heterocycles. The molecule has 0 atom stereocenters. The summed E-state index contributed by atoms with van der Waals surface area (Å²) in [5, 5.41) is 0. The maximum absolute atomic E-state index is 12.1. The van der Waals surface area contributed by atoms with Crippen LogP contribution in [0.4, 0.5) is 0 Å². The number of ether oxygens (including phenoxy) is 1. The van der Waals surface area contributed by atoms with Gasteiger partial charge in [-0.15, -0.1) is 0 Å². The number of allylic oxidation sites excluding steroid dienone is 4. The van der Waals surface area contributed by atoms with Gasteiger partial charge >= 0.3 is 5.97 Å². The lowest BCUT2D eigenvalue weighted by molar-refractivity contribution is -0.143. The monoisotopic (exact) mass is 226 g/mol. The highest BCUT2D eigenvalue weighted by Crippen LogP contribution is 2.30. The number of carbonyl (C=O) groups excluding carboxylic acids is 1. The molecule has 17 heavy (non-hydrogen) atoms. The minimum atomic E-state index is -0.820. The van der Waals surface area contributed by atoms with Gasteiger partial charge in [-0.3, -0.25) is 4.79 Å². The molecule has 0 aromatic heterocycles. The smallest absolute Gasteiger partial charge is 0.324 e. The summed E-state index contributed by atoms with van der Waals surface area (Å²) in [5.41, 5.74) is 0.0857. The number of hydrogen-bond donors (Lipinski definition) is 0. The summed E-state index contributed by atoms with van der Waals surface area (Å²) in [6, 6.07) is 9.62. The molecule has 0 N–H and O–H groups in total. The summed E-state index contributed by atoms with van der Waals surface area (Å²) in [7, 11) is 1.41. The highest BCUT2D eigenvalue weighted by Gasteiger charge is 2.36. The Morgan fingerprint density at radius 2 is 1.59 bits per heavy atom. The van der Waals surface area contributed by atoms with E-state index in [2.05, 4.69) is 0 Å². The van der Waals surface area contributed by atoms with Crippen LogP contribution in [0, 0.1) is 0 Å². The average Bonchev–Trinajstić information content (AvgIpc) is 2.65. The summed E-state index contributed by atoms with van der Waals surface area (Å²) in [5.74, 6) is -0.278. The fourth-order valence-corrected chi connectivity index (χ4v) is 1.93. The first-order valence-corrected chi connectivity index (χ1v) is 5.47. The van der Waals surface area contributed by atoms with Crippen molar-refractivity contribution in [2.45, 2.75) is 5.41 Å². The van der Waals surface area contributed by atoms with Gasteiger partial charge in [0.05, 0.1) is 7.11 Å². The standard InChI is InChI=1S/C15H14O2/c1-17-14(16)15(11-7-2-3-8-12-15)13-9-5-4-6-10-13/h2-12H,1H3. The van der Waals surface area contributed by atoms with Gasteiger partial charge in [0.1, 0.15) is 5.41 Å². The van der Waals surface area contributed by atoms with Crippen molar-refractivity contribution in [3.63, 3.8) is 0 Å². The zero-order valence-corrected chi connectivity index (χ0v) is 9.67. The number of hydrogen-bond acceptors (Lipinski definition) is 2.